The van der Waals surface area contributed by atoms with Crippen LogP contribution in [0.4, 0.5) is 0 Å². The molecule has 0 N–H and O–H groups in total. The minimum Gasteiger partial charge on any atom is -0.255 e. The second-order valence-corrected chi connectivity index (χ2v) is 11.2. The van der Waals surface area contributed by atoms with Crippen molar-refractivity contribution in [1.29, 1.82) is 0 Å². The Balaban J connectivity index is 2.17. The van der Waals surface area contributed by atoms with Crippen molar-refractivity contribution in [3.8, 4) is 22.8 Å². The SMILES string of the molecule is C[Si](C)(C)c1cc(-c2ccccn2)nnc1-c1ccccn1. The van der Waals surface area contributed by atoms with Gasteiger partial charge in [-0.25, -0.2) is 0 Å². The van der Waals surface area contributed by atoms with E-state index in [0.717, 1.165) is 22.8 Å². The summed E-state index contributed by atoms with van der Waals surface area (Å²) in [5.74, 6) is 0. The van der Waals surface area contributed by atoms with E-state index in [2.05, 4.69) is 45.9 Å². The van der Waals surface area contributed by atoms with Gasteiger partial charge >= 0.3 is 0 Å². The number of aromatic nitrogens is 4. The summed E-state index contributed by atoms with van der Waals surface area (Å²) in [4.78, 5) is 8.80. The quantitative estimate of drug-likeness (QED) is 0.698. The highest BCUT2D eigenvalue weighted by molar-refractivity contribution is 6.89. The average Bonchev–Trinajstić information content (AvgIpc) is 2.55. The van der Waals surface area contributed by atoms with E-state index in [1.54, 1.807) is 12.4 Å². The lowest BCUT2D eigenvalue weighted by Gasteiger charge is -2.20. The highest BCUT2D eigenvalue weighted by Crippen LogP contribution is 2.19. The maximum absolute atomic E-state index is 4.47. The van der Waals surface area contributed by atoms with Gasteiger partial charge in [0, 0.05) is 12.4 Å². The molecule has 0 unspecified atom stereocenters. The fourth-order valence-corrected chi connectivity index (χ4v) is 3.75. The molecule has 4 nitrogen and oxygen atoms in total. The summed E-state index contributed by atoms with van der Waals surface area (Å²) < 4.78 is 0. The molecule has 5 heteroatoms. The Bertz CT molecular complexity index is 768. The zero-order valence-electron chi connectivity index (χ0n) is 13.0. The first kappa shape index (κ1) is 14.5. The van der Waals surface area contributed by atoms with E-state index in [0.29, 0.717) is 0 Å². The van der Waals surface area contributed by atoms with Crippen molar-refractivity contribution in [2.75, 3.05) is 0 Å². The first-order valence-corrected chi connectivity index (χ1v) is 10.8. The number of hydrogen-bond acceptors (Lipinski definition) is 4. The Kier molecular flexibility index (Phi) is 3.81. The Morgan fingerprint density at radius 3 is 1.91 bits per heavy atom. The lowest BCUT2D eigenvalue weighted by molar-refractivity contribution is 1.03. The summed E-state index contributed by atoms with van der Waals surface area (Å²) in [5, 5.41) is 10.1. The minimum atomic E-state index is -1.60. The van der Waals surface area contributed by atoms with Crippen LogP contribution >= 0.6 is 0 Å². The topological polar surface area (TPSA) is 51.6 Å². The molecule has 0 aliphatic rings. The lowest BCUT2D eigenvalue weighted by Crippen LogP contribution is -2.40. The summed E-state index contributed by atoms with van der Waals surface area (Å²) >= 11 is 0. The Hall–Kier alpha value is -2.40. The molecule has 0 aliphatic heterocycles. The molecule has 0 spiro atoms. The van der Waals surface area contributed by atoms with Gasteiger partial charge in [-0.2, -0.15) is 0 Å². The molecule has 0 amide bonds. The number of hydrogen-bond donors (Lipinski definition) is 0. The van der Waals surface area contributed by atoms with E-state index >= 15 is 0 Å². The van der Waals surface area contributed by atoms with Crippen LogP contribution in [-0.4, -0.2) is 28.2 Å². The van der Waals surface area contributed by atoms with Gasteiger partial charge in [-0.15, -0.1) is 10.2 Å². The molecule has 0 saturated carbocycles. The first-order valence-electron chi connectivity index (χ1n) is 7.27. The van der Waals surface area contributed by atoms with E-state index in [9.17, 15) is 0 Å². The summed E-state index contributed by atoms with van der Waals surface area (Å²) in [6.07, 6.45) is 3.57. The smallest absolute Gasteiger partial charge is 0.111 e. The molecule has 110 valence electrons. The highest BCUT2D eigenvalue weighted by atomic mass is 28.3. The maximum Gasteiger partial charge on any atom is 0.111 e. The molecule has 3 rings (SSSR count). The molecule has 0 saturated heterocycles. The number of nitrogens with zero attached hydrogens (tertiary/aromatic N) is 4. The van der Waals surface area contributed by atoms with Crippen molar-refractivity contribution in [3.05, 3.63) is 54.9 Å². The monoisotopic (exact) mass is 306 g/mol. The fraction of sp³-hybridized carbons (Fsp3) is 0.176. The van der Waals surface area contributed by atoms with E-state index in [4.69, 9.17) is 0 Å². The van der Waals surface area contributed by atoms with Gasteiger partial charge in [0.25, 0.3) is 0 Å². The summed E-state index contributed by atoms with van der Waals surface area (Å²) in [6, 6.07) is 13.8. The van der Waals surface area contributed by atoms with Crippen LogP contribution in [0.15, 0.2) is 54.9 Å². The average molecular weight is 306 g/mol. The summed E-state index contributed by atoms with van der Waals surface area (Å²) in [5.41, 5.74) is 3.43. The van der Waals surface area contributed by atoms with Crippen molar-refractivity contribution < 1.29 is 0 Å². The van der Waals surface area contributed by atoms with Crippen molar-refractivity contribution in [1.82, 2.24) is 20.2 Å². The molecule has 0 atom stereocenters. The number of rotatable bonds is 3. The lowest BCUT2D eigenvalue weighted by atomic mass is 10.2. The predicted octanol–water partition coefficient (Wildman–Crippen LogP) is 3.15. The van der Waals surface area contributed by atoms with Gasteiger partial charge in [-0.05, 0) is 35.5 Å². The first-order chi connectivity index (χ1) is 10.6. The molecule has 0 fully saturated rings. The standard InChI is InChI=1S/C17H18N4Si/c1-22(2,3)16-12-15(13-8-4-6-10-18-13)20-21-17(16)14-9-5-7-11-19-14/h4-12H,1-3H3. The predicted molar refractivity (Wildman–Crippen MR) is 91.5 cm³/mol. The number of pyridine rings is 2. The third kappa shape index (κ3) is 2.94. The molecule has 0 radical (unpaired) electrons. The van der Waals surface area contributed by atoms with Crippen LogP contribution in [0.1, 0.15) is 0 Å². The van der Waals surface area contributed by atoms with Gasteiger partial charge in [0.05, 0.1) is 19.5 Å². The third-order valence-electron chi connectivity index (χ3n) is 3.44. The fourth-order valence-electron chi connectivity index (χ4n) is 2.29. The summed E-state index contributed by atoms with van der Waals surface area (Å²) in [6.45, 7) is 6.91. The normalized spacial score (nSPS) is 11.4. The molecule has 0 aromatic carbocycles. The van der Waals surface area contributed by atoms with E-state index in [1.165, 1.54) is 5.19 Å². The van der Waals surface area contributed by atoms with Gasteiger partial charge in [0.2, 0.25) is 0 Å². The van der Waals surface area contributed by atoms with Crippen molar-refractivity contribution in [2.24, 2.45) is 0 Å². The molecule has 0 bridgehead atoms. The molecular formula is C17H18N4Si. The molecule has 22 heavy (non-hydrogen) atoms. The van der Waals surface area contributed by atoms with E-state index in [-0.39, 0.29) is 0 Å². The van der Waals surface area contributed by atoms with Crippen LogP contribution < -0.4 is 5.19 Å². The van der Waals surface area contributed by atoms with Crippen molar-refractivity contribution >= 4 is 13.3 Å². The second-order valence-electron chi connectivity index (χ2n) is 6.17. The zero-order valence-corrected chi connectivity index (χ0v) is 14.0. The van der Waals surface area contributed by atoms with Crippen LogP contribution in [0.5, 0.6) is 0 Å². The van der Waals surface area contributed by atoms with Crippen LogP contribution in [-0.2, 0) is 0 Å². The molecule has 3 heterocycles. The molecule has 0 aliphatic carbocycles. The van der Waals surface area contributed by atoms with Gasteiger partial charge in [-0.3, -0.25) is 9.97 Å². The van der Waals surface area contributed by atoms with Crippen molar-refractivity contribution in [2.45, 2.75) is 19.6 Å². The highest BCUT2D eigenvalue weighted by Gasteiger charge is 2.24. The van der Waals surface area contributed by atoms with E-state index < -0.39 is 8.07 Å². The molecule has 3 aromatic heterocycles. The second kappa shape index (κ2) is 5.77. The van der Waals surface area contributed by atoms with Crippen LogP contribution in [0.25, 0.3) is 22.8 Å². The largest absolute Gasteiger partial charge is 0.255 e. The molecular weight excluding hydrogens is 288 g/mol. The van der Waals surface area contributed by atoms with Gasteiger partial charge in [-0.1, -0.05) is 31.8 Å². The Labute approximate surface area is 131 Å². The van der Waals surface area contributed by atoms with Crippen LogP contribution in [0.2, 0.25) is 19.6 Å². The Morgan fingerprint density at radius 2 is 1.36 bits per heavy atom. The van der Waals surface area contributed by atoms with Gasteiger partial charge < -0.3 is 0 Å². The third-order valence-corrected chi connectivity index (χ3v) is 5.43. The zero-order chi connectivity index (χ0) is 15.6. The van der Waals surface area contributed by atoms with Crippen LogP contribution in [0, 0.1) is 0 Å². The minimum absolute atomic E-state index is 0.817. The maximum atomic E-state index is 4.47. The van der Waals surface area contributed by atoms with Crippen LogP contribution in [0.3, 0.4) is 0 Å². The van der Waals surface area contributed by atoms with E-state index in [1.807, 2.05) is 36.4 Å². The Morgan fingerprint density at radius 1 is 0.727 bits per heavy atom. The van der Waals surface area contributed by atoms with Gasteiger partial charge in [0.15, 0.2) is 0 Å². The van der Waals surface area contributed by atoms with Crippen molar-refractivity contribution in [3.63, 3.8) is 0 Å². The van der Waals surface area contributed by atoms with Gasteiger partial charge in [0.1, 0.15) is 11.4 Å². The molecule has 3 aromatic rings. The summed E-state index contributed by atoms with van der Waals surface area (Å²) in [7, 11) is -1.60.